The van der Waals surface area contributed by atoms with Crippen LogP contribution in [-0.4, -0.2) is 38.7 Å². The highest BCUT2D eigenvalue weighted by Gasteiger charge is 2.31. The fourth-order valence-electron chi connectivity index (χ4n) is 3.24. The number of likely N-dealkylation sites (N-methyl/N-ethyl adjacent to an activating group) is 2. The Bertz CT molecular complexity index is 419. The number of fused-ring (bicyclic) bond motifs is 1. The number of methoxy groups -OCH3 is 1. The van der Waals surface area contributed by atoms with E-state index in [2.05, 4.69) is 49.4 Å². The molecule has 0 bridgehead atoms. The minimum Gasteiger partial charge on any atom is -0.497 e. The lowest BCUT2D eigenvalue weighted by atomic mass is 9.83. The highest BCUT2D eigenvalue weighted by molar-refractivity contribution is 5.40. The van der Waals surface area contributed by atoms with Gasteiger partial charge in [0, 0.05) is 12.1 Å². The van der Waals surface area contributed by atoms with Crippen molar-refractivity contribution in [3.63, 3.8) is 0 Å². The summed E-state index contributed by atoms with van der Waals surface area (Å²) in [7, 11) is 6.04. The third-order valence-electron chi connectivity index (χ3n) is 4.24. The monoisotopic (exact) mass is 262 g/mol. The zero-order chi connectivity index (χ0) is 13.8. The predicted octanol–water partition coefficient (Wildman–Crippen LogP) is 2.61. The first-order valence-electron chi connectivity index (χ1n) is 7.25. The molecule has 0 radical (unpaired) electrons. The molecule has 1 aliphatic rings. The van der Waals surface area contributed by atoms with Gasteiger partial charge in [-0.1, -0.05) is 13.0 Å². The Labute approximate surface area is 116 Å². The molecule has 0 fully saturated rings. The number of aryl methyl sites for hydroxylation is 1. The first-order chi connectivity index (χ1) is 9.21. The van der Waals surface area contributed by atoms with Crippen LogP contribution >= 0.6 is 0 Å². The molecule has 106 valence electrons. The van der Waals surface area contributed by atoms with E-state index >= 15 is 0 Å². The molecule has 0 heterocycles. The van der Waals surface area contributed by atoms with Crippen molar-refractivity contribution in [3.8, 4) is 5.75 Å². The predicted molar refractivity (Wildman–Crippen MR) is 79.8 cm³/mol. The molecule has 1 aliphatic carbocycles. The summed E-state index contributed by atoms with van der Waals surface area (Å²) < 4.78 is 5.37. The Hall–Kier alpha value is -1.06. The molecule has 3 heteroatoms. The molecule has 0 aromatic heterocycles. The van der Waals surface area contributed by atoms with E-state index in [1.54, 1.807) is 7.11 Å². The van der Waals surface area contributed by atoms with Gasteiger partial charge in [-0.25, -0.2) is 0 Å². The Morgan fingerprint density at radius 3 is 2.84 bits per heavy atom. The quantitative estimate of drug-likeness (QED) is 0.883. The molecule has 1 aromatic rings. The van der Waals surface area contributed by atoms with Gasteiger partial charge >= 0.3 is 0 Å². The molecule has 1 N–H and O–H groups in total. The summed E-state index contributed by atoms with van der Waals surface area (Å²) in [5.41, 5.74) is 2.86. The summed E-state index contributed by atoms with van der Waals surface area (Å²) in [6.45, 7) is 3.40. The summed E-state index contributed by atoms with van der Waals surface area (Å²) in [5.74, 6) is 0.956. The topological polar surface area (TPSA) is 24.5 Å². The Balaban J connectivity index is 2.29. The second-order valence-corrected chi connectivity index (χ2v) is 5.42. The molecule has 0 saturated heterocycles. The Morgan fingerprint density at radius 2 is 2.21 bits per heavy atom. The summed E-state index contributed by atoms with van der Waals surface area (Å²) in [4.78, 5) is 2.49. The maximum Gasteiger partial charge on any atom is 0.119 e. The van der Waals surface area contributed by atoms with Crippen molar-refractivity contribution < 1.29 is 4.74 Å². The standard InChI is InChI=1S/C16H26N2O/c1-5-10-18(3)15-9-7-12-6-8-13(19-4)11-14(12)16(15)17-2/h6,8,11,15-17H,5,7,9-10H2,1-4H3. The van der Waals surface area contributed by atoms with Gasteiger partial charge in [0.25, 0.3) is 0 Å². The van der Waals surface area contributed by atoms with Crippen LogP contribution in [0.2, 0.25) is 0 Å². The van der Waals surface area contributed by atoms with E-state index in [1.807, 2.05) is 0 Å². The first-order valence-corrected chi connectivity index (χ1v) is 7.25. The van der Waals surface area contributed by atoms with Gasteiger partial charge in [0.1, 0.15) is 5.75 Å². The number of hydrogen-bond donors (Lipinski definition) is 1. The average molecular weight is 262 g/mol. The lowest BCUT2D eigenvalue weighted by molar-refractivity contribution is 0.177. The molecule has 0 saturated carbocycles. The third-order valence-corrected chi connectivity index (χ3v) is 4.24. The summed E-state index contributed by atoms with van der Waals surface area (Å²) in [6, 6.07) is 7.46. The van der Waals surface area contributed by atoms with Crippen molar-refractivity contribution in [3.05, 3.63) is 29.3 Å². The van der Waals surface area contributed by atoms with Crippen molar-refractivity contribution in [2.45, 2.75) is 38.3 Å². The summed E-state index contributed by atoms with van der Waals surface area (Å²) in [5, 5.41) is 3.50. The van der Waals surface area contributed by atoms with Crippen LogP contribution in [-0.2, 0) is 6.42 Å². The van der Waals surface area contributed by atoms with Gasteiger partial charge in [-0.3, -0.25) is 0 Å². The van der Waals surface area contributed by atoms with Crippen LogP contribution in [0, 0.1) is 0 Å². The minimum absolute atomic E-state index is 0.399. The molecule has 0 amide bonds. The zero-order valence-corrected chi connectivity index (χ0v) is 12.6. The summed E-state index contributed by atoms with van der Waals surface area (Å²) >= 11 is 0. The number of hydrogen-bond acceptors (Lipinski definition) is 3. The number of nitrogens with one attached hydrogen (secondary N) is 1. The van der Waals surface area contributed by atoms with Crippen LogP contribution in [0.25, 0.3) is 0 Å². The van der Waals surface area contributed by atoms with Crippen molar-refractivity contribution in [1.82, 2.24) is 10.2 Å². The van der Waals surface area contributed by atoms with E-state index in [9.17, 15) is 0 Å². The lowest BCUT2D eigenvalue weighted by Crippen LogP contribution is -2.44. The van der Waals surface area contributed by atoms with Crippen LogP contribution in [0.15, 0.2) is 18.2 Å². The first kappa shape index (κ1) is 14.4. The van der Waals surface area contributed by atoms with Gasteiger partial charge in [0.15, 0.2) is 0 Å². The minimum atomic E-state index is 0.399. The van der Waals surface area contributed by atoms with Crippen LogP contribution in [0.4, 0.5) is 0 Å². The van der Waals surface area contributed by atoms with E-state index in [-0.39, 0.29) is 0 Å². The maximum atomic E-state index is 5.37. The van der Waals surface area contributed by atoms with Crippen LogP contribution in [0.3, 0.4) is 0 Å². The number of benzene rings is 1. The molecule has 2 atom stereocenters. The van der Waals surface area contributed by atoms with Gasteiger partial charge in [-0.15, -0.1) is 0 Å². The van der Waals surface area contributed by atoms with Gasteiger partial charge in [-0.05, 0) is 63.2 Å². The van der Waals surface area contributed by atoms with E-state index in [0.29, 0.717) is 12.1 Å². The molecular formula is C16H26N2O. The SMILES string of the molecule is CCCN(C)C1CCc2ccc(OC)cc2C1NC. The van der Waals surface area contributed by atoms with Gasteiger partial charge < -0.3 is 15.0 Å². The molecule has 0 spiro atoms. The molecular weight excluding hydrogens is 236 g/mol. The third kappa shape index (κ3) is 2.93. The van der Waals surface area contributed by atoms with Crippen molar-refractivity contribution in [1.29, 1.82) is 0 Å². The second kappa shape index (κ2) is 6.40. The Kier molecular flexibility index (Phi) is 4.83. The van der Waals surface area contributed by atoms with Crippen molar-refractivity contribution in [2.75, 3.05) is 27.7 Å². The molecule has 0 aliphatic heterocycles. The molecule has 3 nitrogen and oxygen atoms in total. The van der Waals surface area contributed by atoms with Crippen molar-refractivity contribution >= 4 is 0 Å². The maximum absolute atomic E-state index is 5.37. The Morgan fingerprint density at radius 1 is 1.42 bits per heavy atom. The number of rotatable bonds is 5. The van der Waals surface area contributed by atoms with E-state index in [1.165, 1.54) is 24.0 Å². The highest BCUT2D eigenvalue weighted by Crippen LogP contribution is 2.34. The molecule has 1 aromatic carbocycles. The fraction of sp³-hybridized carbons (Fsp3) is 0.625. The van der Waals surface area contributed by atoms with E-state index < -0.39 is 0 Å². The van der Waals surface area contributed by atoms with Crippen molar-refractivity contribution in [2.24, 2.45) is 0 Å². The largest absolute Gasteiger partial charge is 0.497 e. The van der Waals surface area contributed by atoms with Gasteiger partial charge in [0.05, 0.1) is 7.11 Å². The van der Waals surface area contributed by atoms with E-state index in [4.69, 9.17) is 4.74 Å². The molecule has 19 heavy (non-hydrogen) atoms. The fourth-order valence-corrected chi connectivity index (χ4v) is 3.24. The highest BCUT2D eigenvalue weighted by atomic mass is 16.5. The normalized spacial score (nSPS) is 22.4. The zero-order valence-electron chi connectivity index (χ0n) is 12.6. The average Bonchev–Trinajstić information content (AvgIpc) is 2.45. The molecule has 2 unspecified atom stereocenters. The smallest absolute Gasteiger partial charge is 0.119 e. The van der Waals surface area contributed by atoms with Crippen LogP contribution in [0.5, 0.6) is 5.75 Å². The van der Waals surface area contributed by atoms with E-state index in [0.717, 1.165) is 18.7 Å². The lowest BCUT2D eigenvalue weighted by Gasteiger charge is -2.39. The second-order valence-electron chi connectivity index (χ2n) is 5.42. The van der Waals surface area contributed by atoms with Gasteiger partial charge in [-0.2, -0.15) is 0 Å². The molecule has 2 rings (SSSR count). The van der Waals surface area contributed by atoms with Crippen LogP contribution in [0.1, 0.15) is 36.9 Å². The number of ether oxygens (including phenoxy) is 1. The summed E-state index contributed by atoms with van der Waals surface area (Å²) in [6.07, 6.45) is 3.59. The number of nitrogens with zero attached hydrogens (tertiary/aromatic N) is 1. The van der Waals surface area contributed by atoms with Gasteiger partial charge in [0.2, 0.25) is 0 Å². The van der Waals surface area contributed by atoms with Crippen LogP contribution < -0.4 is 10.1 Å².